The highest BCUT2D eigenvalue weighted by atomic mass is 79.9. The van der Waals surface area contributed by atoms with E-state index in [1.807, 2.05) is 36.0 Å². The van der Waals surface area contributed by atoms with Crippen LogP contribution in [0.15, 0.2) is 35.1 Å². The van der Waals surface area contributed by atoms with Crippen molar-refractivity contribution < 1.29 is 4.79 Å². The average molecular weight is 391 g/mol. The van der Waals surface area contributed by atoms with E-state index < -0.39 is 0 Å². The third-order valence-electron chi connectivity index (χ3n) is 3.94. The van der Waals surface area contributed by atoms with Gasteiger partial charge in [-0.3, -0.25) is 9.78 Å². The first-order valence-corrected chi connectivity index (χ1v) is 8.50. The van der Waals surface area contributed by atoms with Crippen LogP contribution in [0.2, 0.25) is 0 Å². The highest BCUT2D eigenvalue weighted by Crippen LogP contribution is 2.17. The minimum absolute atomic E-state index is 0.0116. The average Bonchev–Trinajstić information content (AvgIpc) is 2.61. The number of pyridine rings is 1. The van der Waals surface area contributed by atoms with Crippen LogP contribution in [0, 0.1) is 0 Å². The summed E-state index contributed by atoms with van der Waals surface area (Å²) in [5.41, 5.74) is 0.605. The highest BCUT2D eigenvalue weighted by molar-refractivity contribution is 9.10. The van der Waals surface area contributed by atoms with Gasteiger partial charge in [0.2, 0.25) is 0 Å². The molecule has 8 heteroatoms. The van der Waals surface area contributed by atoms with Crippen LogP contribution < -0.4 is 9.80 Å². The molecule has 2 aromatic heterocycles. The van der Waals surface area contributed by atoms with E-state index in [4.69, 9.17) is 0 Å². The number of rotatable bonds is 3. The Labute approximate surface area is 149 Å². The Balaban J connectivity index is 1.62. The SMILES string of the molecule is CN(C)c1ccc(N2CCN(C(=O)c3cncc(Br)c3)CC2)nn1. The monoisotopic (exact) mass is 390 g/mol. The number of hydrogen-bond acceptors (Lipinski definition) is 6. The molecule has 126 valence electrons. The van der Waals surface area contributed by atoms with Gasteiger partial charge < -0.3 is 14.7 Å². The smallest absolute Gasteiger partial charge is 0.255 e. The fourth-order valence-corrected chi connectivity index (χ4v) is 2.94. The van der Waals surface area contributed by atoms with Gasteiger partial charge in [0.15, 0.2) is 11.6 Å². The molecule has 3 rings (SSSR count). The van der Waals surface area contributed by atoms with Crippen molar-refractivity contribution in [2.75, 3.05) is 50.1 Å². The molecule has 0 aromatic carbocycles. The van der Waals surface area contributed by atoms with Crippen molar-refractivity contribution in [2.24, 2.45) is 0 Å². The molecule has 0 spiro atoms. The molecule has 0 bridgehead atoms. The van der Waals surface area contributed by atoms with Crippen LogP contribution in [0.4, 0.5) is 11.6 Å². The van der Waals surface area contributed by atoms with E-state index >= 15 is 0 Å². The quantitative estimate of drug-likeness (QED) is 0.793. The van der Waals surface area contributed by atoms with Gasteiger partial charge in [-0.25, -0.2) is 0 Å². The topological polar surface area (TPSA) is 65.5 Å². The molecular formula is C16H19BrN6O. The molecule has 7 nitrogen and oxygen atoms in total. The van der Waals surface area contributed by atoms with Gasteiger partial charge in [0, 0.05) is 57.1 Å². The zero-order valence-corrected chi connectivity index (χ0v) is 15.3. The van der Waals surface area contributed by atoms with E-state index in [0.717, 1.165) is 29.2 Å². The first-order chi connectivity index (χ1) is 11.5. The normalized spacial score (nSPS) is 14.6. The predicted molar refractivity (Wildman–Crippen MR) is 96.4 cm³/mol. The lowest BCUT2D eigenvalue weighted by Crippen LogP contribution is -2.49. The van der Waals surface area contributed by atoms with Gasteiger partial charge in [-0.15, -0.1) is 10.2 Å². The van der Waals surface area contributed by atoms with E-state index in [9.17, 15) is 4.79 Å². The fraction of sp³-hybridized carbons (Fsp3) is 0.375. The molecule has 1 aliphatic rings. The van der Waals surface area contributed by atoms with Crippen LogP contribution in [0.25, 0.3) is 0 Å². The van der Waals surface area contributed by atoms with Gasteiger partial charge in [-0.05, 0) is 34.1 Å². The standard InChI is InChI=1S/C16H19BrN6O/c1-21(2)14-3-4-15(20-19-14)22-5-7-23(8-6-22)16(24)12-9-13(17)11-18-10-12/h3-4,9-11H,5-8H2,1-2H3. The Morgan fingerprint density at radius 1 is 1.12 bits per heavy atom. The van der Waals surface area contributed by atoms with Crippen molar-refractivity contribution in [1.82, 2.24) is 20.1 Å². The summed E-state index contributed by atoms with van der Waals surface area (Å²) in [5.74, 6) is 1.68. The lowest BCUT2D eigenvalue weighted by atomic mass is 10.2. The Hall–Kier alpha value is -2.22. The number of hydrogen-bond donors (Lipinski definition) is 0. The van der Waals surface area contributed by atoms with Gasteiger partial charge in [-0.1, -0.05) is 0 Å². The first kappa shape index (κ1) is 16.6. The van der Waals surface area contributed by atoms with Crippen molar-refractivity contribution in [3.63, 3.8) is 0 Å². The summed E-state index contributed by atoms with van der Waals surface area (Å²) in [6.45, 7) is 2.79. The maximum absolute atomic E-state index is 12.5. The zero-order valence-electron chi connectivity index (χ0n) is 13.7. The van der Waals surface area contributed by atoms with E-state index in [-0.39, 0.29) is 5.91 Å². The third-order valence-corrected chi connectivity index (χ3v) is 4.37. The Kier molecular flexibility index (Phi) is 4.94. The van der Waals surface area contributed by atoms with Crippen molar-refractivity contribution >= 4 is 33.5 Å². The fourth-order valence-electron chi connectivity index (χ4n) is 2.58. The van der Waals surface area contributed by atoms with E-state index in [2.05, 4.69) is 36.0 Å². The van der Waals surface area contributed by atoms with E-state index in [1.54, 1.807) is 18.5 Å². The number of carbonyl (C=O) groups is 1. The Morgan fingerprint density at radius 2 is 1.88 bits per heavy atom. The summed E-state index contributed by atoms with van der Waals surface area (Å²) in [6.07, 6.45) is 3.27. The van der Waals surface area contributed by atoms with Crippen LogP contribution >= 0.6 is 15.9 Å². The number of aromatic nitrogens is 3. The van der Waals surface area contributed by atoms with Gasteiger partial charge >= 0.3 is 0 Å². The maximum Gasteiger partial charge on any atom is 0.255 e. The summed E-state index contributed by atoms with van der Waals surface area (Å²) < 4.78 is 0.809. The summed E-state index contributed by atoms with van der Waals surface area (Å²) in [6, 6.07) is 5.72. The van der Waals surface area contributed by atoms with Crippen LogP contribution in [0.3, 0.4) is 0 Å². The molecule has 0 aliphatic carbocycles. The molecule has 0 saturated carbocycles. The third kappa shape index (κ3) is 3.64. The largest absolute Gasteiger partial charge is 0.361 e. The molecule has 1 saturated heterocycles. The number of nitrogens with zero attached hydrogens (tertiary/aromatic N) is 6. The molecule has 1 amide bonds. The number of halogens is 1. The van der Waals surface area contributed by atoms with Crippen LogP contribution in [0.1, 0.15) is 10.4 Å². The minimum atomic E-state index is 0.0116. The summed E-state index contributed by atoms with van der Waals surface area (Å²) in [4.78, 5) is 22.5. The maximum atomic E-state index is 12.5. The van der Waals surface area contributed by atoms with Gasteiger partial charge in [0.05, 0.1) is 5.56 Å². The van der Waals surface area contributed by atoms with Crippen molar-refractivity contribution in [3.05, 3.63) is 40.6 Å². The van der Waals surface area contributed by atoms with Crippen molar-refractivity contribution in [3.8, 4) is 0 Å². The molecule has 0 radical (unpaired) electrons. The second-order valence-corrected chi connectivity index (χ2v) is 6.73. The molecule has 2 aromatic rings. The number of anilines is 2. The molecule has 1 aliphatic heterocycles. The van der Waals surface area contributed by atoms with Crippen molar-refractivity contribution in [2.45, 2.75) is 0 Å². The molecule has 3 heterocycles. The highest BCUT2D eigenvalue weighted by Gasteiger charge is 2.23. The van der Waals surface area contributed by atoms with E-state index in [1.165, 1.54) is 0 Å². The van der Waals surface area contributed by atoms with Crippen molar-refractivity contribution in [1.29, 1.82) is 0 Å². The molecular weight excluding hydrogens is 372 g/mol. The summed E-state index contributed by atoms with van der Waals surface area (Å²) >= 11 is 3.35. The molecule has 0 unspecified atom stereocenters. The van der Waals surface area contributed by atoms with Crippen LogP contribution in [0.5, 0.6) is 0 Å². The Morgan fingerprint density at radius 3 is 2.46 bits per heavy atom. The Bertz CT molecular complexity index is 713. The summed E-state index contributed by atoms with van der Waals surface area (Å²) in [5, 5.41) is 8.48. The zero-order chi connectivity index (χ0) is 17.1. The van der Waals surface area contributed by atoms with Crippen LogP contribution in [-0.2, 0) is 0 Å². The van der Waals surface area contributed by atoms with Gasteiger partial charge in [-0.2, -0.15) is 0 Å². The minimum Gasteiger partial charge on any atom is -0.361 e. The molecule has 24 heavy (non-hydrogen) atoms. The molecule has 0 atom stereocenters. The second-order valence-electron chi connectivity index (χ2n) is 5.82. The first-order valence-electron chi connectivity index (χ1n) is 7.70. The molecule has 0 N–H and O–H groups in total. The number of piperazine rings is 1. The lowest BCUT2D eigenvalue weighted by molar-refractivity contribution is 0.0746. The second kappa shape index (κ2) is 7.12. The van der Waals surface area contributed by atoms with Gasteiger partial charge in [0.25, 0.3) is 5.91 Å². The van der Waals surface area contributed by atoms with Crippen LogP contribution in [-0.4, -0.2) is 66.3 Å². The summed E-state index contributed by atoms with van der Waals surface area (Å²) in [7, 11) is 3.87. The number of amides is 1. The van der Waals surface area contributed by atoms with E-state index in [0.29, 0.717) is 18.7 Å². The number of carbonyl (C=O) groups excluding carboxylic acids is 1. The lowest BCUT2D eigenvalue weighted by Gasteiger charge is -2.35. The molecule has 1 fully saturated rings. The predicted octanol–water partition coefficient (Wildman–Crippen LogP) is 1.66. The van der Waals surface area contributed by atoms with Gasteiger partial charge in [0.1, 0.15) is 0 Å².